The first-order valence-corrected chi connectivity index (χ1v) is 11.4. The normalized spacial score (nSPS) is 27.9. The molecule has 1 spiro atoms. The minimum absolute atomic E-state index is 0.109. The monoisotopic (exact) mass is 424 g/mol. The van der Waals surface area contributed by atoms with Crippen LogP contribution >= 0.6 is 0 Å². The number of rotatable bonds is 2. The molecule has 0 saturated carbocycles. The number of fused-ring (bicyclic) bond motifs is 1. The van der Waals surface area contributed by atoms with Crippen LogP contribution in [0.2, 0.25) is 0 Å². The molecule has 4 heterocycles. The Morgan fingerprint density at radius 2 is 1.84 bits per heavy atom. The zero-order chi connectivity index (χ0) is 22.0. The van der Waals surface area contributed by atoms with Crippen molar-refractivity contribution in [3.05, 3.63) is 29.3 Å². The van der Waals surface area contributed by atoms with Gasteiger partial charge in [0.1, 0.15) is 6.04 Å². The maximum Gasteiger partial charge on any atom is 0.255 e. The summed E-state index contributed by atoms with van der Waals surface area (Å²) in [4.78, 5) is 40.7. The maximum atomic E-state index is 12.9. The van der Waals surface area contributed by atoms with E-state index in [1.165, 1.54) is 12.8 Å². The van der Waals surface area contributed by atoms with E-state index in [2.05, 4.69) is 42.4 Å². The average Bonchev–Trinajstić information content (AvgIpc) is 3.02. The molecule has 3 amide bonds. The van der Waals surface area contributed by atoms with Gasteiger partial charge in [0.15, 0.2) is 0 Å². The largest absolute Gasteiger partial charge is 0.371 e. The standard InChI is InChI=1S/C24H32N4O3/c1-23(2,3)22-24(14-25-22)8-10-27(11-9-24)16-4-5-17-15(12-16)13-28(21(17)31)18-6-7-19(29)26-20(18)30/h4-5,12,18,22,25H,6-11,13-14H2,1-3H3,(H,26,29,30). The first-order valence-electron chi connectivity index (χ1n) is 11.4. The fraction of sp³-hybridized carbons (Fsp3) is 0.625. The second-order valence-electron chi connectivity index (χ2n) is 10.8. The van der Waals surface area contributed by atoms with E-state index in [4.69, 9.17) is 0 Å². The minimum atomic E-state index is -0.559. The predicted molar refractivity (Wildman–Crippen MR) is 118 cm³/mol. The van der Waals surface area contributed by atoms with Crippen LogP contribution in [0, 0.1) is 10.8 Å². The zero-order valence-electron chi connectivity index (χ0n) is 18.7. The Hall–Kier alpha value is -2.41. The summed E-state index contributed by atoms with van der Waals surface area (Å²) in [5.74, 6) is -0.727. The Kier molecular flexibility index (Phi) is 4.66. The van der Waals surface area contributed by atoms with E-state index in [9.17, 15) is 14.4 Å². The first-order chi connectivity index (χ1) is 14.7. The maximum absolute atomic E-state index is 12.9. The highest BCUT2D eigenvalue weighted by Crippen LogP contribution is 2.47. The van der Waals surface area contributed by atoms with Crippen LogP contribution in [0.4, 0.5) is 5.69 Å². The Labute approximate surface area is 183 Å². The molecule has 2 N–H and O–H groups in total. The summed E-state index contributed by atoms with van der Waals surface area (Å²) in [7, 11) is 0. The first kappa shape index (κ1) is 20.5. The van der Waals surface area contributed by atoms with Crippen LogP contribution in [0.15, 0.2) is 18.2 Å². The number of anilines is 1. The molecule has 4 aliphatic heterocycles. The van der Waals surface area contributed by atoms with E-state index in [0.29, 0.717) is 30.0 Å². The zero-order valence-corrected chi connectivity index (χ0v) is 18.7. The molecule has 166 valence electrons. The summed E-state index contributed by atoms with van der Waals surface area (Å²) in [6, 6.07) is 6.09. The Bertz CT molecular complexity index is 943. The van der Waals surface area contributed by atoms with Gasteiger partial charge in [0.2, 0.25) is 11.8 Å². The van der Waals surface area contributed by atoms with Crippen molar-refractivity contribution in [2.24, 2.45) is 10.8 Å². The number of imide groups is 1. The van der Waals surface area contributed by atoms with Crippen molar-refractivity contribution in [1.82, 2.24) is 15.5 Å². The van der Waals surface area contributed by atoms with E-state index >= 15 is 0 Å². The van der Waals surface area contributed by atoms with Crippen molar-refractivity contribution in [2.75, 3.05) is 24.5 Å². The number of benzene rings is 1. The molecule has 3 fully saturated rings. The van der Waals surface area contributed by atoms with Gasteiger partial charge in [-0.2, -0.15) is 0 Å². The fourth-order valence-corrected chi connectivity index (χ4v) is 6.15. The molecule has 5 rings (SSSR count). The van der Waals surface area contributed by atoms with Gasteiger partial charge in [-0.1, -0.05) is 20.8 Å². The van der Waals surface area contributed by atoms with Crippen LogP contribution in [-0.4, -0.2) is 54.3 Å². The number of amides is 3. The smallest absolute Gasteiger partial charge is 0.255 e. The number of hydrogen-bond donors (Lipinski definition) is 2. The van der Waals surface area contributed by atoms with Gasteiger partial charge in [0, 0.05) is 55.3 Å². The van der Waals surface area contributed by atoms with Crippen molar-refractivity contribution >= 4 is 23.4 Å². The Morgan fingerprint density at radius 3 is 2.45 bits per heavy atom. The third kappa shape index (κ3) is 3.34. The van der Waals surface area contributed by atoms with Gasteiger partial charge in [-0.25, -0.2) is 0 Å². The predicted octanol–water partition coefficient (Wildman–Crippen LogP) is 2.05. The van der Waals surface area contributed by atoms with Crippen LogP contribution in [0.25, 0.3) is 0 Å². The molecule has 7 nitrogen and oxygen atoms in total. The molecule has 0 bridgehead atoms. The third-order valence-electron chi connectivity index (χ3n) is 7.77. The summed E-state index contributed by atoms with van der Waals surface area (Å²) in [6.45, 7) is 10.6. The van der Waals surface area contributed by atoms with Crippen LogP contribution in [0.1, 0.15) is 62.4 Å². The molecule has 7 heteroatoms. The van der Waals surface area contributed by atoms with Crippen LogP contribution in [0.5, 0.6) is 0 Å². The van der Waals surface area contributed by atoms with Gasteiger partial charge in [0.05, 0.1) is 0 Å². The van der Waals surface area contributed by atoms with Crippen LogP contribution < -0.4 is 15.5 Å². The topological polar surface area (TPSA) is 81.8 Å². The average molecular weight is 425 g/mol. The number of nitrogens with zero attached hydrogens (tertiary/aromatic N) is 2. The van der Waals surface area contributed by atoms with E-state index in [-0.39, 0.29) is 29.6 Å². The number of piperidine rings is 2. The highest BCUT2D eigenvalue weighted by Gasteiger charge is 2.52. The lowest BCUT2D eigenvalue weighted by Gasteiger charge is -2.59. The van der Waals surface area contributed by atoms with E-state index in [1.54, 1.807) is 4.90 Å². The van der Waals surface area contributed by atoms with Gasteiger partial charge in [0.25, 0.3) is 5.91 Å². The van der Waals surface area contributed by atoms with Crippen molar-refractivity contribution in [3.8, 4) is 0 Å². The summed E-state index contributed by atoms with van der Waals surface area (Å²) >= 11 is 0. The van der Waals surface area contributed by atoms with E-state index in [0.717, 1.165) is 30.9 Å². The van der Waals surface area contributed by atoms with Crippen molar-refractivity contribution in [2.45, 2.75) is 65.1 Å². The quantitative estimate of drug-likeness (QED) is 0.711. The fourth-order valence-electron chi connectivity index (χ4n) is 6.15. The SMILES string of the molecule is CC(C)(C)C1NCC12CCN(c1ccc3c(c1)CN(C1CCC(=O)NC1=O)C3=O)CC2. The van der Waals surface area contributed by atoms with Gasteiger partial charge in [-0.3, -0.25) is 19.7 Å². The number of nitrogens with one attached hydrogen (secondary N) is 2. The molecule has 4 aliphatic rings. The highest BCUT2D eigenvalue weighted by atomic mass is 16.2. The molecule has 0 radical (unpaired) electrons. The second-order valence-corrected chi connectivity index (χ2v) is 10.8. The van der Waals surface area contributed by atoms with E-state index in [1.807, 2.05) is 12.1 Å². The molecular formula is C24H32N4O3. The summed E-state index contributed by atoms with van der Waals surface area (Å²) in [5, 5.41) is 6.03. The summed E-state index contributed by atoms with van der Waals surface area (Å²) in [5.41, 5.74) is 3.49. The molecule has 0 aromatic heterocycles. The second kappa shape index (κ2) is 7.05. The van der Waals surface area contributed by atoms with Gasteiger partial charge < -0.3 is 15.1 Å². The van der Waals surface area contributed by atoms with Gasteiger partial charge in [-0.15, -0.1) is 0 Å². The molecule has 3 saturated heterocycles. The summed E-state index contributed by atoms with van der Waals surface area (Å²) < 4.78 is 0. The Balaban J connectivity index is 1.28. The molecule has 1 aromatic carbocycles. The van der Waals surface area contributed by atoms with E-state index < -0.39 is 6.04 Å². The highest BCUT2D eigenvalue weighted by molar-refractivity contribution is 6.05. The molecule has 2 unspecified atom stereocenters. The van der Waals surface area contributed by atoms with Gasteiger partial charge in [-0.05, 0) is 48.4 Å². The molecule has 1 aromatic rings. The Morgan fingerprint density at radius 1 is 1.10 bits per heavy atom. The molecule has 31 heavy (non-hydrogen) atoms. The molecule has 0 aliphatic carbocycles. The lowest BCUT2D eigenvalue weighted by molar-refractivity contribution is -0.136. The number of carbonyl (C=O) groups is 3. The lowest BCUT2D eigenvalue weighted by atomic mass is 9.59. The van der Waals surface area contributed by atoms with Crippen LogP contribution in [-0.2, 0) is 16.1 Å². The molecular weight excluding hydrogens is 392 g/mol. The summed E-state index contributed by atoms with van der Waals surface area (Å²) in [6.07, 6.45) is 3.04. The minimum Gasteiger partial charge on any atom is -0.371 e. The van der Waals surface area contributed by atoms with Crippen molar-refractivity contribution < 1.29 is 14.4 Å². The van der Waals surface area contributed by atoms with Crippen molar-refractivity contribution in [1.29, 1.82) is 0 Å². The van der Waals surface area contributed by atoms with Crippen LogP contribution in [0.3, 0.4) is 0 Å². The third-order valence-corrected chi connectivity index (χ3v) is 7.77. The van der Waals surface area contributed by atoms with Gasteiger partial charge >= 0.3 is 0 Å². The molecule has 2 atom stereocenters. The number of carbonyl (C=O) groups excluding carboxylic acids is 3. The van der Waals surface area contributed by atoms with Crippen molar-refractivity contribution in [3.63, 3.8) is 0 Å². The lowest BCUT2D eigenvalue weighted by Crippen LogP contribution is -2.69. The number of hydrogen-bond acceptors (Lipinski definition) is 5.